The van der Waals surface area contributed by atoms with Crippen LogP contribution >= 0.6 is 0 Å². The number of pyridine rings is 1. The van der Waals surface area contributed by atoms with Gasteiger partial charge >= 0.3 is 0 Å². The molecule has 0 amide bonds. The number of rotatable bonds is 5. The van der Waals surface area contributed by atoms with E-state index < -0.39 is 4.92 Å². The fraction of sp³-hybridized carbons (Fsp3) is 0.583. The first-order chi connectivity index (χ1) is 8.09. The van der Waals surface area contributed by atoms with Crippen LogP contribution < -0.4 is 4.74 Å². The van der Waals surface area contributed by atoms with Crippen LogP contribution in [0.25, 0.3) is 0 Å². The third kappa shape index (κ3) is 7.56. The van der Waals surface area contributed by atoms with Crippen LogP contribution in [0.2, 0.25) is 0 Å². The average molecular weight is 257 g/mol. The van der Waals surface area contributed by atoms with Crippen LogP contribution in [-0.4, -0.2) is 42.1 Å². The molecule has 0 spiro atoms. The van der Waals surface area contributed by atoms with E-state index in [4.69, 9.17) is 4.74 Å². The van der Waals surface area contributed by atoms with Crippen molar-refractivity contribution < 1.29 is 9.66 Å². The minimum absolute atomic E-state index is 0. The first kappa shape index (κ1) is 18.7. The van der Waals surface area contributed by atoms with Gasteiger partial charge in [-0.25, -0.2) is 4.98 Å². The van der Waals surface area contributed by atoms with Gasteiger partial charge in [-0.05, 0) is 14.1 Å². The molecule has 0 unspecified atom stereocenters. The van der Waals surface area contributed by atoms with E-state index in [1.54, 1.807) is 0 Å². The van der Waals surface area contributed by atoms with Crippen LogP contribution in [0.4, 0.5) is 5.69 Å². The van der Waals surface area contributed by atoms with E-state index in [2.05, 4.69) is 4.98 Å². The molecule has 6 nitrogen and oxygen atoms in total. The summed E-state index contributed by atoms with van der Waals surface area (Å²) in [6.07, 6.45) is 1.19. The number of nitro groups is 1. The van der Waals surface area contributed by atoms with E-state index >= 15 is 0 Å². The monoisotopic (exact) mass is 257 g/mol. The second-order valence-electron chi connectivity index (χ2n) is 3.26. The van der Waals surface area contributed by atoms with Gasteiger partial charge in [-0.15, -0.1) is 0 Å². The lowest BCUT2D eigenvalue weighted by Gasteiger charge is -2.09. The molecular weight excluding hydrogens is 234 g/mol. The van der Waals surface area contributed by atoms with Gasteiger partial charge in [0.05, 0.1) is 4.92 Å². The zero-order valence-electron chi connectivity index (χ0n) is 10.7. The Morgan fingerprint density at radius 2 is 2.00 bits per heavy atom. The van der Waals surface area contributed by atoms with Crippen LogP contribution in [0.5, 0.6) is 5.88 Å². The van der Waals surface area contributed by atoms with Gasteiger partial charge in [0.25, 0.3) is 5.69 Å². The Balaban J connectivity index is 0. The third-order valence-electron chi connectivity index (χ3n) is 1.72. The second kappa shape index (κ2) is 10.5. The van der Waals surface area contributed by atoms with Crippen molar-refractivity contribution in [3.8, 4) is 5.88 Å². The molecule has 0 aliphatic heterocycles. The highest BCUT2D eigenvalue weighted by atomic mass is 16.6. The Labute approximate surface area is 109 Å². The van der Waals surface area contributed by atoms with Crippen molar-refractivity contribution in [3.05, 3.63) is 28.4 Å². The highest BCUT2D eigenvalue weighted by Crippen LogP contribution is 2.13. The molecule has 6 heteroatoms. The molecule has 0 aliphatic carbocycles. The maximum atomic E-state index is 10.3. The maximum absolute atomic E-state index is 10.3. The Morgan fingerprint density at radius 1 is 1.39 bits per heavy atom. The zero-order valence-corrected chi connectivity index (χ0v) is 10.7. The Bertz CT molecular complexity index is 326. The third-order valence-corrected chi connectivity index (χ3v) is 1.72. The fourth-order valence-electron chi connectivity index (χ4n) is 0.899. The Hall–Kier alpha value is -1.69. The molecule has 104 valence electrons. The fourth-order valence-corrected chi connectivity index (χ4v) is 0.899. The topological polar surface area (TPSA) is 68.5 Å². The summed E-state index contributed by atoms with van der Waals surface area (Å²) in [5.74, 6) is 0.405. The molecule has 0 aliphatic rings. The van der Waals surface area contributed by atoms with Gasteiger partial charge in [0, 0.05) is 18.7 Å². The van der Waals surface area contributed by atoms with Crippen molar-refractivity contribution in [3.63, 3.8) is 0 Å². The molecule has 0 saturated carbocycles. The van der Waals surface area contributed by atoms with Crippen LogP contribution in [0.15, 0.2) is 18.3 Å². The highest BCUT2D eigenvalue weighted by molar-refractivity contribution is 5.28. The molecule has 0 N–H and O–H groups in total. The van der Waals surface area contributed by atoms with E-state index in [1.165, 1.54) is 18.3 Å². The molecule has 0 radical (unpaired) electrons. The predicted molar refractivity (Wildman–Crippen MR) is 73.0 cm³/mol. The summed E-state index contributed by atoms with van der Waals surface area (Å²) in [5, 5.41) is 10.3. The molecule has 1 aromatic heterocycles. The van der Waals surface area contributed by atoms with Crippen LogP contribution in [0.1, 0.15) is 21.3 Å². The van der Waals surface area contributed by atoms with E-state index in [0.29, 0.717) is 12.5 Å². The first-order valence-corrected chi connectivity index (χ1v) is 5.47. The maximum Gasteiger partial charge on any atom is 0.287 e. The molecule has 0 atom stereocenters. The molecule has 0 aromatic carbocycles. The minimum Gasteiger partial charge on any atom is -0.476 e. The summed E-state index contributed by atoms with van der Waals surface area (Å²) in [6, 6.07) is 2.87. The lowest BCUT2D eigenvalue weighted by Crippen LogP contribution is -2.19. The van der Waals surface area contributed by atoms with Gasteiger partial charge in [0.2, 0.25) is 5.88 Å². The molecule has 1 rings (SSSR count). The van der Waals surface area contributed by atoms with Crippen LogP contribution in [-0.2, 0) is 0 Å². The average Bonchev–Trinajstić information content (AvgIpc) is 2.32. The smallest absolute Gasteiger partial charge is 0.287 e. The van der Waals surface area contributed by atoms with E-state index in [1.807, 2.05) is 32.8 Å². The van der Waals surface area contributed by atoms with E-state index in [-0.39, 0.29) is 13.1 Å². The molecule has 0 bridgehead atoms. The predicted octanol–water partition coefficient (Wildman–Crippen LogP) is 2.59. The van der Waals surface area contributed by atoms with Gasteiger partial charge in [0.15, 0.2) is 0 Å². The summed E-state index contributed by atoms with van der Waals surface area (Å²) >= 11 is 0. The number of ether oxygens (including phenoxy) is 1. The number of hydrogen-bond donors (Lipinski definition) is 0. The summed E-state index contributed by atoms with van der Waals surface area (Å²) in [4.78, 5) is 15.6. The molecule has 18 heavy (non-hydrogen) atoms. The van der Waals surface area contributed by atoms with E-state index in [0.717, 1.165) is 6.54 Å². The highest BCUT2D eigenvalue weighted by Gasteiger charge is 2.05. The minimum atomic E-state index is -0.489. The number of nitrogens with zero attached hydrogens (tertiary/aromatic N) is 3. The van der Waals surface area contributed by atoms with Gasteiger partial charge in [-0.2, -0.15) is 0 Å². The normalized spacial score (nSPS) is 8.94. The molecule has 1 heterocycles. The summed E-state index contributed by atoms with van der Waals surface area (Å²) in [5.41, 5.74) is -0.0324. The van der Waals surface area contributed by atoms with Crippen molar-refractivity contribution in [2.75, 3.05) is 27.2 Å². The largest absolute Gasteiger partial charge is 0.476 e. The van der Waals surface area contributed by atoms with Crippen molar-refractivity contribution in [2.24, 2.45) is 0 Å². The van der Waals surface area contributed by atoms with Crippen molar-refractivity contribution >= 4 is 5.69 Å². The van der Waals surface area contributed by atoms with Crippen molar-refractivity contribution in [1.82, 2.24) is 9.88 Å². The summed E-state index contributed by atoms with van der Waals surface area (Å²) in [7, 11) is 3.87. The standard InChI is InChI=1S/C9H13N3O3.C2H6.CH4/c1-11(2)5-6-15-9-4-3-8(7-10-9)12(13)14;1-2;/h3-4,7H,5-6H2,1-2H3;1-2H3;1H4. The van der Waals surface area contributed by atoms with E-state index in [9.17, 15) is 10.1 Å². The lowest BCUT2D eigenvalue weighted by molar-refractivity contribution is -0.385. The SMILES string of the molecule is C.CC.CN(C)CCOc1ccc([N+](=O)[O-])cn1. The number of likely N-dealkylation sites (N-methyl/N-ethyl adjacent to an activating group) is 1. The first-order valence-electron chi connectivity index (χ1n) is 5.47. The van der Waals surface area contributed by atoms with Gasteiger partial charge < -0.3 is 9.64 Å². The molecule has 0 saturated heterocycles. The second-order valence-corrected chi connectivity index (χ2v) is 3.26. The quantitative estimate of drug-likeness (QED) is 0.599. The molecule has 0 fully saturated rings. The van der Waals surface area contributed by atoms with Gasteiger partial charge in [0.1, 0.15) is 12.8 Å². The summed E-state index contributed by atoms with van der Waals surface area (Å²) in [6.45, 7) is 5.29. The summed E-state index contributed by atoms with van der Waals surface area (Å²) < 4.78 is 5.28. The zero-order chi connectivity index (χ0) is 13.3. The Kier molecular flexibility index (Phi) is 10.9. The van der Waals surface area contributed by atoms with Crippen molar-refractivity contribution in [1.29, 1.82) is 0 Å². The molecule has 1 aromatic rings. The molecular formula is C12H23N3O3. The van der Waals surface area contributed by atoms with Crippen LogP contribution in [0.3, 0.4) is 0 Å². The number of hydrogen-bond acceptors (Lipinski definition) is 5. The Morgan fingerprint density at radius 3 is 2.39 bits per heavy atom. The number of aromatic nitrogens is 1. The lowest BCUT2D eigenvalue weighted by atomic mass is 10.4. The van der Waals surface area contributed by atoms with Gasteiger partial charge in [-0.3, -0.25) is 10.1 Å². The van der Waals surface area contributed by atoms with Crippen molar-refractivity contribution in [2.45, 2.75) is 21.3 Å². The van der Waals surface area contributed by atoms with Gasteiger partial charge in [-0.1, -0.05) is 21.3 Å². The van der Waals surface area contributed by atoms with Crippen LogP contribution in [0, 0.1) is 10.1 Å².